The largest absolute Gasteiger partial charge is 0.507 e. The second-order valence-electron chi connectivity index (χ2n) is 18.8. The third-order valence-electron chi connectivity index (χ3n) is 12.5. The molecule has 0 heterocycles. The molecule has 22 heteroatoms. The fourth-order valence-corrected chi connectivity index (χ4v) is 9.75. The first-order chi connectivity index (χ1) is 38.1. The molecule has 0 spiro atoms. The summed E-state index contributed by atoms with van der Waals surface area (Å²) in [4.78, 5) is 101. The quantitative estimate of drug-likeness (QED) is 0.0168. The Labute approximate surface area is 470 Å². The van der Waals surface area contributed by atoms with Gasteiger partial charge in [0.1, 0.15) is 23.0 Å². The van der Waals surface area contributed by atoms with Crippen molar-refractivity contribution in [3.05, 3.63) is 117 Å². The molecule has 428 valence electrons. The second-order valence-corrected chi connectivity index (χ2v) is 21.2. The van der Waals surface area contributed by atoms with Gasteiger partial charge in [-0.2, -0.15) is 23.5 Å². The number of carbonyl (C=O) groups excluding carboxylic acids is 8. The minimum atomic E-state index is -0.804. The van der Waals surface area contributed by atoms with Crippen molar-refractivity contribution < 1.29 is 58.8 Å². The average Bonchev–Trinajstić information content (AvgIpc) is 3.44. The Kier molecular flexibility index (Phi) is 29.1. The van der Waals surface area contributed by atoms with Crippen LogP contribution in [0.5, 0.6) is 23.0 Å². The van der Waals surface area contributed by atoms with Crippen LogP contribution in [0, 0.1) is 0 Å². The summed E-state index contributed by atoms with van der Waals surface area (Å²) in [6.45, 7) is 4.32. The van der Waals surface area contributed by atoms with Crippen LogP contribution >= 0.6 is 23.5 Å². The molecule has 0 radical (unpaired) electrons. The molecule has 8 amide bonds. The van der Waals surface area contributed by atoms with E-state index in [1.54, 1.807) is 36.4 Å². The predicted octanol–water partition coefficient (Wildman–Crippen LogP) is 7.38. The molecule has 0 unspecified atom stereocenters. The van der Waals surface area contributed by atoms with Crippen molar-refractivity contribution in [3.8, 4) is 23.0 Å². The SMILES string of the molecule is CCCCCCCCc1cccc(C(=O)NNC(=O)CCSCCC(=O)NNC(=O)c2cc(Cc3ccc(O)c(C(=O)NNC(=O)CCSCCC(=O)NNC(=O)c4cccc(CCCCCCCC)c4O)c3)ccc2O)c1O. The molecule has 0 fully saturated rings. The van der Waals surface area contributed by atoms with E-state index in [2.05, 4.69) is 57.3 Å². The maximum Gasteiger partial charge on any atom is 0.273 e. The van der Waals surface area contributed by atoms with E-state index in [0.29, 0.717) is 58.1 Å². The molecule has 0 aliphatic carbocycles. The van der Waals surface area contributed by atoms with Gasteiger partial charge in [-0.05, 0) is 90.8 Å². The molecule has 0 saturated carbocycles. The number of para-hydroxylation sites is 2. The zero-order chi connectivity index (χ0) is 57.4. The van der Waals surface area contributed by atoms with Gasteiger partial charge in [0.25, 0.3) is 23.6 Å². The molecule has 0 aromatic heterocycles. The zero-order valence-corrected chi connectivity index (χ0v) is 46.7. The van der Waals surface area contributed by atoms with Crippen molar-refractivity contribution in [3.63, 3.8) is 0 Å². The van der Waals surface area contributed by atoms with Gasteiger partial charge in [0, 0.05) is 48.7 Å². The van der Waals surface area contributed by atoms with Gasteiger partial charge in [0.15, 0.2) is 0 Å². The first-order valence-electron chi connectivity index (χ1n) is 26.9. The lowest BCUT2D eigenvalue weighted by molar-refractivity contribution is -0.122. The maximum absolute atomic E-state index is 13.0. The van der Waals surface area contributed by atoms with Crippen LogP contribution < -0.4 is 43.4 Å². The molecule has 0 bridgehead atoms. The number of benzene rings is 4. The smallest absolute Gasteiger partial charge is 0.273 e. The number of unbranched alkanes of at least 4 members (excludes halogenated alkanes) is 10. The van der Waals surface area contributed by atoms with Crippen LogP contribution in [0.15, 0.2) is 72.8 Å². The molecule has 0 aliphatic heterocycles. The highest BCUT2D eigenvalue weighted by molar-refractivity contribution is 7.99. The molecule has 4 rings (SSSR count). The molecular formula is C57H76N8O12S2. The number of rotatable bonds is 32. The van der Waals surface area contributed by atoms with Gasteiger partial charge in [-0.3, -0.25) is 81.8 Å². The Morgan fingerprint density at radius 3 is 1.04 bits per heavy atom. The van der Waals surface area contributed by atoms with Crippen molar-refractivity contribution >= 4 is 70.8 Å². The predicted molar refractivity (Wildman–Crippen MR) is 305 cm³/mol. The Morgan fingerprint density at radius 1 is 0.380 bits per heavy atom. The van der Waals surface area contributed by atoms with E-state index in [1.807, 2.05) is 0 Å². The Bertz CT molecular complexity index is 2510. The van der Waals surface area contributed by atoms with E-state index in [4.69, 9.17) is 0 Å². The lowest BCUT2D eigenvalue weighted by Crippen LogP contribution is -2.42. The van der Waals surface area contributed by atoms with E-state index in [9.17, 15) is 58.8 Å². The number of aryl methyl sites for hydroxylation is 2. The van der Waals surface area contributed by atoms with E-state index in [0.717, 1.165) is 51.4 Å². The van der Waals surface area contributed by atoms with Gasteiger partial charge in [-0.1, -0.05) is 114 Å². The summed E-state index contributed by atoms with van der Waals surface area (Å²) in [5.74, 6) is -4.57. The number of phenols is 4. The summed E-state index contributed by atoms with van der Waals surface area (Å²) >= 11 is 2.60. The lowest BCUT2D eigenvalue weighted by Gasteiger charge is -2.12. The Morgan fingerprint density at radius 2 is 0.696 bits per heavy atom. The monoisotopic (exact) mass is 1130 g/mol. The highest BCUT2D eigenvalue weighted by Crippen LogP contribution is 2.27. The van der Waals surface area contributed by atoms with Gasteiger partial charge in [-0.15, -0.1) is 0 Å². The first-order valence-corrected chi connectivity index (χ1v) is 29.2. The number of thioether (sulfide) groups is 2. The minimum Gasteiger partial charge on any atom is -0.507 e. The standard InChI is InChI=1S/C57H76N8O12S2/c1-3-5-7-9-11-13-17-40-19-15-21-42(52(40)72)54(74)62-58-48(68)27-31-78-33-29-50(70)60-64-56(76)44-36-38(23-25-46(44)66)35-39-24-26-47(67)45(37-39)57(77)65-61-51(71)30-34-79-32-28-49(69)59-63-55(75)43-22-16-20-41(53(43)73)18-14-12-10-8-6-4-2/h15-16,19-26,36-37,66-67,72-73H,3-14,17-18,27-35H2,1-2H3,(H,58,68)(H,59,69)(H,60,70)(H,61,71)(H,62,74)(H,63,75)(H,64,76)(H,65,77). The summed E-state index contributed by atoms with van der Waals surface area (Å²) < 4.78 is 0. The third-order valence-corrected chi connectivity index (χ3v) is 14.5. The summed E-state index contributed by atoms with van der Waals surface area (Å²) in [5.41, 5.74) is 20.7. The van der Waals surface area contributed by atoms with Crippen molar-refractivity contribution in [2.45, 2.75) is 136 Å². The van der Waals surface area contributed by atoms with Crippen molar-refractivity contribution in [2.24, 2.45) is 0 Å². The van der Waals surface area contributed by atoms with Crippen LogP contribution in [0.1, 0.15) is 180 Å². The molecular weight excluding hydrogens is 1050 g/mol. The topological polar surface area (TPSA) is 314 Å². The molecule has 0 atom stereocenters. The van der Waals surface area contributed by atoms with E-state index in [-0.39, 0.29) is 77.4 Å². The number of carbonyl (C=O) groups is 8. The van der Waals surface area contributed by atoms with Crippen LogP contribution in [-0.2, 0) is 38.4 Å². The number of hydrogen-bond donors (Lipinski definition) is 12. The van der Waals surface area contributed by atoms with Crippen LogP contribution in [0.3, 0.4) is 0 Å². The molecule has 20 nitrogen and oxygen atoms in total. The fourth-order valence-electron chi connectivity index (χ4n) is 8.02. The third kappa shape index (κ3) is 23.6. The van der Waals surface area contributed by atoms with E-state index >= 15 is 0 Å². The van der Waals surface area contributed by atoms with Gasteiger partial charge in [0.05, 0.1) is 22.3 Å². The number of hydrogen-bond acceptors (Lipinski definition) is 14. The summed E-state index contributed by atoms with van der Waals surface area (Å²) in [6, 6.07) is 18.4. The zero-order valence-electron chi connectivity index (χ0n) is 45.1. The molecule has 0 saturated heterocycles. The Hall–Kier alpha value is -7.46. The number of aromatic hydroxyl groups is 4. The molecule has 4 aromatic carbocycles. The van der Waals surface area contributed by atoms with Crippen LogP contribution in [0.25, 0.3) is 0 Å². The minimum absolute atomic E-state index is 0.0144. The number of phenolic OH excluding ortho intramolecular Hbond substituents is 4. The van der Waals surface area contributed by atoms with Crippen LogP contribution in [0.2, 0.25) is 0 Å². The first kappa shape index (κ1) is 64.1. The lowest BCUT2D eigenvalue weighted by atomic mass is 10.00. The van der Waals surface area contributed by atoms with Crippen molar-refractivity contribution in [1.82, 2.24) is 43.4 Å². The summed E-state index contributed by atoms with van der Waals surface area (Å²) in [5, 5.41) is 42.3. The van der Waals surface area contributed by atoms with E-state index < -0.39 is 47.3 Å². The van der Waals surface area contributed by atoms with Gasteiger partial charge < -0.3 is 20.4 Å². The summed E-state index contributed by atoms with van der Waals surface area (Å²) in [7, 11) is 0. The molecule has 0 aliphatic rings. The second kappa shape index (κ2) is 35.9. The number of nitrogens with one attached hydrogen (secondary N) is 8. The average molecular weight is 1130 g/mol. The maximum atomic E-state index is 13.0. The van der Waals surface area contributed by atoms with Gasteiger partial charge in [-0.25, -0.2) is 0 Å². The summed E-state index contributed by atoms with van der Waals surface area (Å²) in [6.07, 6.45) is 14.7. The molecule has 12 N–H and O–H groups in total. The van der Waals surface area contributed by atoms with E-state index in [1.165, 1.54) is 85.6 Å². The fraction of sp³-hybridized carbons (Fsp3) is 0.439. The number of hydrazine groups is 4. The Balaban J connectivity index is 1.09. The highest BCUT2D eigenvalue weighted by atomic mass is 32.2. The van der Waals surface area contributed by atoms with Crippen molar-refractivity contribution in [2.75, 3.05) is 23.0 Å². The number of amides is 8. The molecule has 79 heavy (non-hydrogen) atoms. The van der Waals surface area contributed by atoms with Crippen LogP contribution in [0.4, 0.5) is 0 Å². The molecule has 4 aromatic rings. The normalized spacial score (nSPS) is 10.8. The van der Waals surface area contributed by atoms with Crippen molar-refractivity contribution in [1.29, 1.82) is 0 Å². The van der Waals surface area contributed by atoms with Crippen LogP contribution in [-0.4, -0.2) is 90.7 Å². The van der Waals surface area contributed by atoms with Gasteiger partial charge in [0.2, 0.25) is 23.6 Å². The highest BCUT2D eigenvalue weighted by Gasteiger charge is 2.19. The van der Waals surface area contributed by atoms with Gasteiger partial charge >= 0.3 is 0 Å².